The van der Waals surface area contributed by atoms with Gasteiger partial charge in [0.25, 0.3) is 5.91 Å². The van der Waals surface area contributed by atoms with Crippen molar-refractivity contribution in [3.05, 3.63) is 17.0 Å². The number of hydrogen-bond acceptors (Lipinski definition) is 3. The van der Waals surface area contributed by atoms with Gasteiger partial charge in [-0.15, -0.1) is 0 Å². The number of aromatic nitrogens is 2. The summed E-state index contributed by atoms with van der Waals surface area (Å²) >= 11 is 0. The van der Waals surface area contributed by atoms with Crippen molar-refractivity contribution >= 4 is 5.91 Å². The summed E-state index contributed by atoms with van der Waals surface area (Å²) < 4.78 is 1.68. The van der Waals surface area contributed by atoms with Gasteiger partial charge in [-0.2, -0.15) is 10.4 Å². The Kier molecular flexibility index (Phi) is 3.67. The lowest BCUT2D eigenvalue weighted by atomic mass is 10.1. The topological polar surface area (TPSA) is 61.9 Å². The number of carbonyl (C=O) groups is 1. The highest BCUT2D eigenvalue weighted by Gasteiger charge is 2.21. The third kappa shape index (κ3) is 2.06. The molecule has 1 amide bonds. The van der Waals surface area contributed by atoms with Crippen LogP contribution in [0.2, 0.25) is 0 Å². The molecule has 0 aliphatic carbocycles. The molecular weight excluding hydrogens is 204 g/mol. The maximum atomic E-state index is 12.1. The Bertz CT molecular complexity index is 442. The van der Waals surface area contributed by atoms with Gasteiger partial charge >= 0.3 is 0 Å². The minimum atomic E-state index is -0.118. The standard InChI is InChI=1S/C11H16N4O/c1-5-15(7-6-12)11(16)10-8(2)13-14(4)9(10)3/h5,7H2,1-4H3. The van der Waals surface area contributed by atoms with Crippen LogP contribution in [-0.4, -0.2) is 33.7 Å². The smallest absolute Gasteiger partial charge is 0.258 e. The lowest BCUT2D eigenvalue weighted by molar-refractivity contribution is 0.0782. The second-order valence-corrected chi connectivity index (χ2v) is 3.65. The van der Waals surface area contributed by atoms with Gasteiger partial charge in [0.1, 0.15) is 6.54 Å². The molecule has 0 fully saturated rings. The van der Waals surface area contributed by atoms with Gasteiger partial charge in [-0.3, -0.25) is 9.48 Å². The minimum absolute atomic E-state index is 0.114. The molecule has 0 saturated carbocycles. The number of amides is 1. The normalized spacial score (nSPS) is 9.94. The highest BCUT2D eigenvalue weighted by molar-refractivity contribution is 5.96. The van der Waals surface area contributed by atoms with Gasteiger partial charge in [0.05, 0.1) is 17.3 Å². The monoisotopic (exact) mass is 220 g/mol. The molecule has 5 heteroatoms. The third-order valence-electron chi connectivity index (χ3n) is 2.65. The molecule has 0 unspecified atom stereocenters. The fourth-order valence-corrected chi connectivity index (χ4v) is 1.65. The van der Waals surface area contributed by atoms with Gasteiger partial charge in [-0.25, -0.2) is 0 Å². The molecule has 0 aliphatic rings. The molecule has 86 valence electrons. The van der Waals surface area contributed by atoms with E-state index >= 15 is 0 Å². The summed E-state index contributed by atoms with van der Waals surface area (Å²) in [5, 5.41) is 12.8. The van der Waals surface area contributed by atoms with Crippen LogP contribution in [0.15, 0.2) is 0 Å². The van der Waals surface area contributed by atoms with E-state index in [1.54, 1.807) is 18.7 Å². The van der Waals surface area contributed by atoms with Crippen LogP contribution in [0, 0.1) is 25.2 Å². The SMILES string of the molecule is CCN(CC#N)C(=O)c1c(C)nn(C)c1C. The number of nitriles is 1. The van der Waals surface area contributed by atoms with Gasteiger partial charge in [-0.1, -0.05) is 0 Å². The molecule has 0 atom stereocenters. The lowest BCUT2D eigenvalue weighted by Gasteiger charge is -2.17. The van der Waals surface area contributed by atoms with E-state index in [-0.39, 0.29) is 12.5 Å². The Labute approximate surface area is 95.3 Å². The van der Waals surface area contributed by atoms with E-state index in [1.165, 1.54) is 4.90 Å². The summed E-state index contributed by atoms with van der Waals surface area (Å²) in [5.74, 6) is -0.118. The molecule has 0 N–H and O–H groups in total. The van der Waals surface area contributed by atoms with Crippen LogP contribution in [0.5, 0.6) is 0 Å². The molecule has 1 heterocycles. The van der Waals surface area contributed by atoms with Crippen molar-refractivity contribution in [2.75, 3.05) is 13.1 Å². The summed E-state index contributed by atoms with van der Waals surface area (Å²) in [6.07, 6.45) is 0. The lowest BCUT2D eigenvalue weighted by Crippen LogP contribution is -2.31. The van der Waals surface area contributed by atoms with Gasteiger partial charge in [0.15, 0.2) is 0 Å². The number of aryl methyl sites for hydroxylation is 2. The molecule has 1 aromatic rings. The zero-order valence-electron chi connectivity index (χ0n) is 10.1. The maximum absolute atomic E-state index is 12.1. The fourth-order valence-electron chi connectivity index (χ4n) is 1.65. The number of nitrogens with zero attached hydrogens (tertiary/aromatic N) is 4. The van der Waals surface area contributed by atoms with Crippen molar-refractivity contribution < 1.29 is 4.79 Å². The highest BCUT2D eigenvalue weighted by Crippen LogP contribution is 2.14. The largest absolute Gasteiger partial charge is 0.325 e. The Morgan fingerprint density at radius 1 is 1.56 bits per heavy atom. The number of hydrogen-bond donors (Lipinski definition) is 0. The van der Waals surface area contributed by atoms with Crippen LogP contribution in [-0.2, 0) is 7.05 Å². The fraction of sp³-hybridized carbons (Fsp3) is 0.545. The Balaban J connectivity index is 3.09. The van der Waals surface area contributed by atoms with Crippen molar-refractivity contribution in [2.45, 2.75) is 20.8 Å². The first-order valence-electron chi connectivity index (χ1n) is 5.19. The van der Waals surface area contributed by atoms with E-state index < -0.39 is 0 Å². The van der Waals surface area contributed by atoms with Crippen LogP contribution < -0.4 is 0 Å². The van der Waals surface area contributed by atoms with E-state index in [9.17, 15) is 4.79 Å². The summed E-state index contributed by atoms with van der Waals surface area (Å²) in [6.45, 7) is 6.16. The van der Waals surface area contributed by atoms with Gasteiger partial charge < -0.3 is 4.90 Å². The van der Waals surface area contributed by atoms with Crippen LogP contribution in [0.4, 0.5) is 0 Å². The van der Waals surface area contributed by atoms with Crippen molar-refractivity contribution in [3.8, 4) is 6.07 Å². The van der Waals surface area contributed by atoms with Crippen LogP contribution in [0.1, 0.15) is 28.7 Å². The molecule has 1 rings (SSSR count). The van der Waals surface area contributed by atoms with Gasteiger partial charge in [-0.05, 0) is 20.8 Å². The Hall–Kier alpha value is -1.83. The minimum Gasteiger partial charge on any atom is -0.325 e. The zero-order valence-corrected chi connectivity index (χ0v) is 10.1. The molecule has 0 aliphatic heterocycles. The van der Waals surface area contributed by atoms with Gasteiger partial charge in [0.2, 0.25) is 0 Å². The molecule has 0 radical (unpaired) electrons. The van der Waals surface area contributed by atoms with Gasteiger partial charge in [0, 0.05) is 19.3 Å². The third-order valence-corrected chi connectivity index (χ3v) is 2.65. The molecule has 5 nitrogen and oxygen atoms in total. The predicted molar refractivity (Wildman–Crippen MR) is 59.9 cm³/mol. The van der Waals surface area contributed by atoms with Crippen LogP contribution in [0.25, 0.3) is 0 Å². The molecule has 0 saturated heterocycles. The summed E-state index contributed by atoms with van der Waals surface area (Å²) in [6, 6.07) is 1.99. The van der Waals surface area contributed by atoms with Crippen molar-refractivity contribution in [2.24, 2.45) is 7.05 Å². The van der Waals surface area contributed by atoms with E-state index in [0.717, 1.165) is 5.69 Å². The van der Waals surface area contributed by atoms with E-state index in [1.807, 2.05) is 19.9 Å². The van der Waals surface area contributed by atoms with E-state index in [2.05, 4.69) is 5.10 Å². The first kappa shape index (κ1) is 12.2. The second kappa shape index (κ2) is 4.79. The number of carbonyl (C=O) groups excluding carboxylic acids is 1. The average Bonchev–Trinajstić information content (AvgIpc) is 2.49. The summed E-state index contributed by atoms with van der Waals surface area (Å²) in [5.41, 5.74) is 2.15. The highest BCUT2D eigenvalue weighted by atomic mass is 16.2. The Morgan fingerprint density at radius 2 is 2.19 bits per heavy atom. The maximum Gasteiger partial charge on any atom is 0.258 e. The Morgan fingerprint density at radius 3 is 2.56 bits per heavy atom. The molecule has 16 heavy (non-hydrogen) atoms. The molecule has 1 aromatic heterocycles. The van der Waals surface area contributed by atoms with E-state index in [4.69, 9.17) is 5.26 Å². The second-order valence-electron chi connectivity index (χ2n) is 3.65. The average molecular weight is 220 g/mol. The van der Waals surface area contributed by atoms with Crippen LogP contribution in [0.3, 0.4) is 0 Å². The zero-order chi connectivity index (χ0) is 12.3. The first-order valence-corrected chi connectivity index (χ1v) is 5.19. The summed E-state index contributed by atoms with van der Waals surface area (Å²) in [7, 11) is 1.81. The van der Waals surface area contributed by atoms with Crippen molar-refractivity contribution in [3.63, 3.8) is 0 Å². The van der Waals surface area contributed by atoms with Crippen LogP contribution >= 0.6 is 0 Å². The summed E-state index contributed by atoms with van der Waals surface area (Å²) in [4.78, 5) is 13.7. The first-order chi connectivity index (χ1) is 7.52. The quantitative estimate of drug-likeness (QED) is 0.714. The molecular formula is C11H16N4O. The van der Waals surface area contributed by atoms with Crippen molar-refractivity contribution in [1.82, 2.24) is 14.7 Å². The molecule has 0 aromatic carbocycles. The molecule has 0 bridgehead atoms. The molecule has 0 spiro atoms. The number of rotatable bonds is 3. The predicted octanol–water partition coefficient (Wildman–Crippen LogP) is 1.02. The van der Waals surface area contributed by atoms with E-state index in [0.29, 0.717) is 17.8 Å². The van der Waals surface area contributed by atoms with Crippen molar-refractivity contribution in [1.29, 1.82) is 5.26 Å².